The summed E-state index contributed by atoms with van der Waals surface area (Å²) in [5.41, 5.74) is 3.64. The molecule has 3 rings (SSSR count). The Labute approximate surface area is 130 Å². The van der Waals surface area contributed by atoms with Crippen LogP contribution in [-0.2, 0) is 19.5 Å². The van der Waals surface area contributed by atoms with Gasteiger partial charge in [-0.1, -0.05) is 6.07 Å². The molecule has 112 valence electrons. The molecule has 1 N–H and O–H groups in total. The highest BCUT2D eigenvalue weighted by molar-refractivity contribution is 7.09. The van der Waals surface area contributed by atoms with Gasteiger partial charge in [-0.05, 0) is 32.2 Å². The fraction of sp³-hybridized carbons (Fsp3) is 0.500. The third kappa shape index (κ3) is 3.41. The zero-order chi connectivity index (χ0) is 14.8. The molecule has 1 aliphatic heterocycles. The Morgan fingerprint density at radius 3 is 2.95 bits per heavy atom. The van der Waals surface area contributed by atoms with Crippen LogP contribution in [0.2, 0.25) is 0 Å². The Morgan fingerprint density at radius 1 is 1.38 bits per heavy atom. The maximum Gasteiger partial charge on any atom is 0.223 e. The van der Waals surface area contributed by atoms with Gasteiger partial charge < -0.3 is 5.32 Å². The summed E-state index contributed by atoms with van der Waals surface area (Å²) in [7, 11) is 0. The second-order valence-electron chi connectivity index (χ2n) is 5.90. The van der Waals surface area contributed by atoms with E-state index in [2.05, 4.69) is 53.5 Å². The van der Waals surface area contributed by atoms with E-state index < -0.39 is 0 Å². The van der Waals surface area contributed by atoms with Crippen molar-refractivity contribution >= 4 is 17.3 Å². The normalized spacial score (nSPS) is 15.2. The lowest BCUT2D eigenvalue weighted by Gasteiger charge is -2.29. The van der Waals surface area contributed by atoms with Crippen LogP contribution in [0.4, 0.5) is 5.95 Å². The minimum Gasteiger partial charge on any atom is -0.352 e. The van der Waals surface area contributed by atoms with Crippen LogP contribution in [0.15, 0.2) is 17.5 Å². The zero-order valence-electron chi connectivity index (χ0n) is 12.9. The molecule has 1 aliphatic rings. The quantitative estimate of drug-likeness (QED) is 0.941. The van der Waals surface area contributed by atoms with Gasteiger partial charge in [0.25, 0.3) is 0 Å². The largest absolute Gasteiger partial charge is 0.352 e. The van der Waals surface area contributed by atoms with Gasteiger partial charge in [-0.25, -0.2) is 9.97 Å². The molecule has 0 bridgehead atoms. The molecule has 0 unspecified atom stereocenters. The number of aromatic nitrogens is 2. The molecule has 21 heavy (non-hydrogen) atoms. The fourth-order valence-corrected chi connectivity index (χ4v) is 3.46. The third-order valence-electron chi connectivity index (χ3n) is 3.72. The van der Waals surface area contributed by atoms with Gasteiger partial charge in [0, 0.05) is 48.2 Å². The van der Waals surface area contributed by atoms with Crippen molar-refractivity contribution in [2.24, 2.45) is 0 Å². The first-order valence-electron chi connectivity index (χ1n) is 7.49. The van der Waals surface area contributed by atoms with E-state index in [0.29, 0.717) is 6.04 Å². The molecule has 0 saturated carbocycles. The number of nitrogens with zero attached hydrogens (tertiary/aromatic N) is 3. The van der Waals surface area contributed by atoms with E-state index in [1.807, 2.05) is 11.3 Å². The van der Waals surface area contributed by atoms with Crippen LogP contribution >= 0.6 is 11.3 Å². The number of hydrogen-bond acceptors (Lipinski definition) is 5. The summed E-state index contributed by atoms with van der Waals surface area (Å²) in [6.45, 7) is 9.38. The summed E-state index contributed by atoms with van der Waals surface area (Å²) in [6, 6.07) is 4.69. The first-order chi connectivity index (χ1) is 10.1. The van der Waals surface area contributed by atoms with E-state index in [1.54, 1.807) is 0 Å². The molecule has 0 aromatic carbocycles. The molecule has 0 amide bonds. The first-order valence-corrected chi connectivity index (χ1v) is 8.37. The molecule has 0 fully saturated rings. The van der Waals surface area contributed by atoms with Crippen LogP contribution in [0, 0.1) is 6.92 Å². The van der Waals surface area contributed by atoms with Crippen LogP contribution < -0.4 is 5.32 Å². The summed E-state index contributed by atoms with van der Waals surface area (Å²) in [4.78, 5) is 13.2. The summed E-state index contributed by atoms with van der Waals surface area (Å²) in [5.74, 6) is 0.771. The van der Waals surface area contributed by atoms with Crippen LogP contribution in [0.1, 0.15) is 35.7 Å². The van der Waals surface area contributed by atoms with E-state index in [4.69, 9.17) is 4.98 Å². The second kappa shape index (κ2) is 6.12. The van der Waals surface area contributed by atoms with Crippen LogP contribution in [0.5, 0.6) is 0 Å². The smallest absolute Gasteiger partial charge is 0.223 e. The highest BCUT2D eigenvalue weighted by Crippen LogP contribution is 2.23. The standard InChI is InChI=1S/C16H22N4S/c1-11(2)17-16-18-12(3)14-10-20(7-6-15(14)19-16)9-13-5-4-8-21-13/h4-5,8,11H,6-7,9-10H2,1-3H3,(H,17,18,19). The monoisotopic (exact) mass is 302 g/mol. The minimum atomic E-state index is 0.362. The van der Waals surface area contributed by atoms with Crippen LogP contribution in [0.3, 0.4) is 0 Å². The number of thiophene rings is 1. The van der Waals surface area contributed by atoms with Crippen molar-refractivity contribution in [3.63, 3.8) is 0 Å². The molecule has 0 spiro atoms. The Hall–Kier alpha value is -1.46. The number of anilines is 1. The van der Waals surface area contributed by atoms with E-state index in [-0.39, 0.29) is 0 Å². The van der Waals surface area contributed by atoms with Crippen LogP contribution in [0.25, 0.3) is 0 Å². The number of aryl methyl sites for hydroxylation is 1. The Morgan fingerprint density at radius 2 is 2.24 bits per heavy atom. The Kier molecular flexibility index (Phi) is 4.22. The van der Waals surface area contributed by atoms with E-state index >= 15 is 0 Å². The average Bonchev–Trinajstić information content (AvgIpc) is 2.92. The molecular formula is C16H22N4S. The number of fused-ring (bicyclic) bond motifs is 1. The minimum absolute atomic E-state index is 0.362. The maximum absolute atomic E-state index is 4.70. The molecular weight excluding hydrogens is 280 g/mol. The van der Waals surface area contributed by atoms with Gasteiger partial charge in [-0.2, -0.15) is 0 Å². The van der Waals surface area contributed by atoms with E-state index in [1.165, 1.54) is 16.1 Å². The van der Waals surface area contributed by atoms with E-state index in [9.17, 15) is 0 Å². The van der Waals surface area contributed by atoms with Crippen molar-refractivity contribution < 1.29 is 0 Å². The van der Waals surface area contributed by atoms with Gasteiger partial charge in [0.1, 0.15) is 0 Å². The highest BCUT2D eigenvalue weighted by Gasteiger charge is 2.21. The first kappa shape index (κ1) is 14.5. The lowest BCUT2D eigenvalue weighted by Crippen LogP contribution is -2.31. The van der Waals surface area contributed by atoms with Gasteiger partial charge >= 0.3 is 0 Å². The number of nitrogens with one attached hydrogen (secondary N) is 1. The Bertz CT molecular complexity index is 607. The number of hydrogen-bond donors (Lipinski definition) is 1. The van der Waals surface area contributed by atoms with Crippen molar-refractivity contribution in [2.45, 2.75) is 46.3 Å². The molecule has 4 nitrogen and oxygen atoms in total. The molecule has 0 saturated heterocycles. The topological polar surface area (TPSA) is 41.1 Å². The SMILES string of the molecule is Cc1nc(NC(C)C)nc2c1CN(Cc1cccs1)CC2. The molecule has 5 heteroatoms. The molecule has 0 radical (unpaired) electrons. The van der Waals surface area contributed by atoms with Crippen molar-refractivity contribution in [2.75, 3.05) is 11.9 Å². The predicted molar refractivity (Wildman–Crippen MR) is 87.7 cm³/mol. The van der Waals surface area contributed by atoms with Crippen LogP contribution in [-0.4, -0.2) is 27.5 Å². The summed E-state index contributed by atoms with van der Waals surface area (Å²) < 4.78 is 0. The highest BCUT2D eigenvalue weighted by atomic mass is 32.1. The van der Waals surface area contributed by atoms with E-state index in [0.717, 1.165) is 37.7 Å². The lowest BCUT2D eigenvalue weighted by atomic mass is 10.0. The van der Waals surface area contributed by atoms with Gasteiger partial charge in [-0.15, -0.1) is 11.3 Å². The Balaban J connectivity index is 1.76. The van der Waals surface area contributed by atoms with Gasteiger partial charge in [-0.3, -0.25) is 4.90 Å². The van der Waals surface area contributed by atoms with Crippen molar-refractivity contribution in [3.05, 3.63) is 39.3 Å². The maximum atomic E-state index is 4.70. The molecule has 3 heterocycles. The second-order valence-corrected chi connectivity index (χ2v) is 6.93. The lowest BCUT2D eigenvalue weighted by molar-refractivity contribution is 0.244. The van der Waals surface area contributed by atoms with Gasteiger partial charge in [0.15, 0.2) is 0 Å². The van der Waals surface area contributed by atoms with Crippen molar-refractivity contribution in [1.29, 1.82) is 0 Å². The van der Waals surface area contributed by atoms with Crippen molar-refractivity contribution in [3.8, 4) is 0 Å². The molecule has 0 aliphatic carbocycles. The van der Waals surface area contributed by atoms with Gasteiger partial charge in [0.2, 0.25) is 5.95 Å². The zero-order valence-corrected chi connectivity index (χ0v) is 13.7. The number of rotatable bonds is 4. The molecule has 2 aromatic heterocycles. The average molecular weight is 302 g/mol. The molecule has 2 aromatic rings. The van der Waals surface area contributed by atoms with Gasteiger partial charge in [0.05, 0.1) is 5.69 Å². The predicted octanol–water partition coefficient (Wildman–Crippen LogP) is 3.23. The summed E-state index contributed by atoms with van der Waals surface area (Å²) in [5, 5.41) is 5.45. The summed E-state index contributed by atoms with van der Waals surface area (Å²) in [6.07, 6.45) is 1.01. The van der Waals surface area contributed by atoms with Crippen molar-refractivity contribution in [1.82, 2.24) is 14.9 Å². The third-order valence-corrected chi connectivity index (χ3v) is 4.58. The molecule has 0 atom stereocenters. The summed E-state index contributed by atoms with van der Waals surface area (Å²) >= 11 is 1.83. The fourth-order valence-electron chi connectivity index (χ4n) is 2.72.